The highest BCUT2D eigenvalue weighted by atomic mass is 31.2. The van der Waals surface area contributed by atoms with Crippen molar-refractivity contribution in [3.05, 3.63) is 29.8 Å². The number of hydrogen-bond donors (Lipinski definition) is 1. The Morgan fingerprint density at radius 3 is 2.12 bits per heavy atom. The lowest BCUT2D eigenvalue weighted by molar-refractivity contribution is 0.1000. The van der Waals surface area contributed by atoms with E-state index in [0.29, 0.717) is 31.5 Å². The van der Waals surface area contributed by atoms with Gasteiger partial charge in [-0.05, 0) is 51.0 Å². The molecule has 0 fully saturated rings. The molecule has 6 nitrogen and oxygen atoms in total. The molecule has 0 unspecified atom stereocenters. The zero-order valence-electron chi connectivity index (χ0n) is 14.5. The molecule has 0 atom stereocenters. The van der Waals surface area contributed by atoms with Crippen LogP contribution in [0.2, 0.25) is 0 Å². The lowest BCUT2D eigenvalue weighted by atomic mass is 10.2. The Kier molecular flexibility index (Phi) is 9.69. The maximum atomic E-state index is 12.3. The van der Waals surface area contributed by atoms with E-state index in [1.165, 1.54) is 0 Å². The highest BCUT2D eigenvalue weighted by Crippen LogP contribution is 2.48. The molecule has 136 valence electrons. The number of unbranched alkanes of at least 4 members (excludes halogenated alkanes) is 3. The average molecular weight is 357 g/mol. The fraction of sp³-hybridized carbons (Fsp3) is 0.588. The Bertz CT molecular complexity index is 522. The predicted molar refractivity (Wildman–Crippen MR) is 94.6 cm³/mol. The molecule has 1 rings (SSSR count). The van der Waals surface area contributed by atoms with Crippen LogP contribution in [0.3, 0.4) is 0 Å². The van der Waals surface area contributed by atoms with Gasteiger partial charge in [-0.25, -0.2) is 0 Å². The van der Waals surface area contributed by atoms with Gasteiger partial charge >= 0.3 is 7.60 Å². The summed E-state index contributed by atoms with van der Waals surface area (Å²) in [5.74, 6) is 0.273. The van der Waals surface area contributed by atoms with E-state index in [9.17, 15) is 9.36 Å². The molecule has 0 aliphatic heterocycles. The zero-order valence-corrected chi connectivity index (χ0v) is 15.4. The number of rotatable bonds is 13. The number of carbonyl (C=O) groups excluding carboxylic acids is 1. The van der Waals surface area contributed by atoms with Gasteiger partial charge in [-0.3, -0.25) is 9.36 Å². The van der Waals surface area contributed by atoms with Crippen molar-refractivity contribution in [3.63, 3.8) is 0 Å². The predicted octanol–water partition coefficient (Wildman–Crippen LogP) is 3.99. The van der Waals surface area contributed by atoms with Gasteiger partial charge in [0.2, 0.25) is 5.91 Å². The first-order chi connectivity index (χ1) is 11.5. The lowest BCUT2D eigenvalue weighted by Gasteiger charge is -2.16. The van der Waals surface area contributed by atoms with E-state index >= 15 is 0 Å². The molecule has 0 aliphatic carbocycles. The van der Waals surface area contributed by atoms with E-state index in [0.717, 1.165) is 31.4 Å². The number of amides is 1. The number of carbonyl (C=O) groups is 1. The van der Waals surface area contributed by atoms with Crippen LogP contribution in [0, 0.1) is 0 Å². The molecule has 0 bridgehead atoms. The summed E-state index contributed by atoms with van der Waals surface area (Å²) in [6.45, 7) is 5.04. The van der Waals surface area contributed by atoms with Crippen LogP contribution in [0.1, 0.15) is 49.9 Å². The molecule has 0 saturated carbocycles. The summed E-state index contributed by atoms with van der Waals surface area (Å²) in [4.78, 5) is 11.0. The summed E-state index contributed by atoms with van der Waals surface area (Å²) in [5.41, 5.74) is 5.65. The molecule has 0 aliphatic rings. The van der Waals surface area contributed by atoms with Crippen molar-refractivity contribution in [2.75, 3.05) is 26.0 Å². The van der Waals surface area contributed by atoms with Gasteiger partial charge in [0.15, 0.2) is 0 Å². The van der Waals surface area contributed by atoms with Crippen LogP contribution < -0.4 is 10.5 Å². The van der Waals surface area contributed by atoms with Gasteiger partial charge in [0.05, 0.1) is 26.0 Å². The third kappa shape index (κ3) is 7.95. The molecule has 1 aromatic carbocycles. The Hall–Kier alpha value is -1.36. The first kappa shape index (κ1) is 20.7. The van der Waals surface area contributed by atoms with Gasteiger partial charge in [0.25, 0.3) is 0 Å². The first-order valence-corrected chi connectivity index (χ1v) is 10.1. The maximum absolute atomic E-state index is 12.3. The molecule has 24 heavy (non-hydrogen) atoms. The Morgan fingerprint density at radius 2 is 1.58 bits per heavy atom. The molecule has 1 amide bonds. The van der Waals surface area contributed by atoms with Crippen LogP contribution in [0.15, 0.2) is 24.3 Å². The van der Waals surface area contributed by atoms with Crippen LogP contribution in [0.4, 0.5) is 0 Å². The minimum absolute atomic E-state index is 0.402. The van der Waals surface area contributed by atoms with Gasteiger partial charge < -0.3 is 19.5 Å². The number of nitrogens with two attached hydrogens (primary N) is 1. The highest BCUT2D eigenvalue weighted by Gasteiger charge is 2.22. The molecule has 0 spiro atoms. The Labute approximate surface area is 144 Å². The fourth-order valence-corrected chi connectivity index (χ4v) is 3.96. The van der Waals surface area contributed by atoms with Crippen molar-refractivity contribution in [2.45, 2.75) is 39.5 Å². The minimum atomic E-state index is -2.90. The van der Waals surface area contributed by atoms with Gasteiger partial charge in [-0.15, -0.1) is 0 Å². The van der Waals surface area contributed by atoms with Crippen molar-refractivity contribution in [1.82, 2.24) is 0 Å². The van der Waals surface area contributed by atoms with E-state index in [-0.39, 0.29) is 0 Å². The maximum Gasteiger partial charge on any atom is 0.330 e. The summed E-state index contributed by atoms with van der Waals surface area (Å²) >= 11 is 0. The number of primary amides is 1. The summed E-state index contributed by atoms with van der Waals surface area (Å²) in [6.07, 6.45) is 4.12. The van der Waals surface area contributed by atoms with E-state index in [4.69, 9.17) is 19.5 Å². The van der Waals surface area contributed by atoms with Crippen LogP contribution in [0.25, 0.3) is 0 Å². The van der Waals surface area contributed by atoms with Gasteiger partial charge in [0, 0.05) is 5.56 Å². The molecule has 0 aromatic heterocycles. The molecule has 7 heteroatoms. The SMILES string of the molecule is CCOP(=O)(CCCCCCOc1ccc(C(N)=O)cc1)OCC. The third-order valence-corrected chi connectivity index (χ3v) is 5.55. The first-order valence-electron chi connectivity index (χ1n) is 8.41. The average Bonchev–Trinajstić information content (AvgIpc) is 2.55. The molecule has 0 heterocycles. The monoisotopic (exact) mass is 357 g/mol. The van der Waals surface area contributed by atoms with Crippen molar-refractivity contribution in [1.29, 1.82) is 0 Å². The van der Waals surface area contributed by atoms with Crippen LogP contribution >= 0.6 is 7.60 Å². The van der Waals surface area contributed by atoms with E-state index in [1.807, 2.05) is 13.8 Å². The molecule has 0 radical (unpaired) electrons. The zero-order chi connectivity index (χ0) is 17.8. The Morgan fingerprint density at radius 1 is 1.00 bits per heavy atom. The quantitative estimate of drug-likeness (QED) is 0.426. The highest BCUT2D eigenvalue weighted by molar-refractivity contribution is 7.53. The van der Waals surface area contributed by atoms with Crippen molar-refractivity contribution in [3.8, 4) is 5.75 Å². The summed E-state index contributed by atoms with van der Waals surface area (Å²) in [6, 6.07) is 6.77. The lowest BCUT2D eigenvalue weighted by Crippen LogP contribution is -2.10. The molecule has 0 saturated heterocycles. The largest absolute Gasteiger partial charge is 0.494 e. The van der Waals surface area contributed by atoms with Gasteiger partial charge in [-0.1, -0.05) is 12.8 Å². The third-order valence-electron chi connectivity index (χ3n) is 3.39. The molecule has 2 N–H and O–H groups in total. The number of hydrogen-bond acceptors (Lipinski definition) is 5. The summed E-state index contributed by atoms with van der Waals surface area (Å²) in [5, 5.41) is 0. The van der Waals surface area contributed by atoms with Crippen molar-refractivity contribution in [2.24, 2.45) is 5.73 Å². The number of ether oxygens (including phenoxy) is 1. The van der Waals surface area contributed by atoms with Crippen molar-refractivity contribution < 1.29 is 23.1 Å². The number of benzene rings is 1. The van der Waals surface area contributed by atoms with Crippen LogP contribution in [-0.4, -0.2) is 31.9 Å². The van der Waals surface area contributed by atoms with Crippen LogP contribution in [0.5, 0.6) is 5.75 Å². The standard InChI is InChI=1S/C17H28NO5P/c1-3-22-24(20,23-4-2)14-8-6-5-7-13-21-16-11-9-15(10-12-16)17(18)19/h9-12H,3-8,13-14H2,1-2H3,(H2,18,19). The normalized spacial score (nSPS) is 11.4. The second-order valence-corrected chi connectivity index (χ2v) is 7.51. The van der Waals surface area contributed by atoms with Gasteiger partial charge in [0.1, 0.15) is 5.75 Å². The van der Waals surface area contributed by atoms with Crippen LogP contribution in [-0.2, 0) is 13.6 Å². The fourth-order valence-electron chi connectivity index (χ4n) is 2.23. The summed E-state index contributed by atoms with van der Waals surface area (Å²) in [7, 11) is -2.90. The van der Waals surface area contributed by atoms with E-state index in [2.05, 4.69) is 0 Å². The Balaban J connectivity index is 2.15. The molecular formula is C17H28NO5P. The molecular weight excluding hydrogens is 329 g/mol. The van der Waals surface area contributed by atoms with Crippen molar-refractivity contribution >= 4 is 13.5 Å². The smallest absolute Gasteiger partial charge is 0.330 e. The summed E-state index contributed by atoms with van der Waals surface area (Å²) < 4.78 is 28.4. The minimum Gasteiger partial charge on any atom is -0.494 e. The topological polar surface area (TPSA) is 87.9 Å². The second-order valence-electron chi connectivity index (χ2n) is 5.32. The molecule has 1 aromatic rings. The van der Waals surface area contributed by atoms with E-state index in [1.54, 1.807) is 24.3 Å². The van der Waals surface area contributed by atoms with E-state index < -0.39 is 13.5 Å². The van der Waals surface area contributed by atoms with Gasteiger partial charge in [-0.2, -0.15) is 0 Å². The second kappa shape index (κ2) is 11.2.